The zero-order valence-corrected chi connectivity index (χ0v) is 17.6. The van der Waals surface area contributed by atoms with Crippen molar-refractivity contribution in [2.24, 2.45) is 0 Å². The number of anilines is 2. The zero-order chi connectivity index (χ0) is 22.7. The number of halogens is 1. The first-order valence-electron chi connectivity index (χ1n) is 9.85. The Bertz CT molecular complexity index is 1190. The molecule has 3 aromatic rings. The first kappa shape index (κ1) is 21.3. The molecular formula is C24H18ClN3O4. The molecule has 3 aromatic carbocycles. The molecule has 0 fully saturated rings. The molecule has 8 heteroatoms. The van der Waals surface area contributed by atoms with E-state index in [0.29, 0.717) is 28.1 Å². The van der Waals surface area contributed by atoms with Crippen LogP contribution in [-0.4, -0.2) is 35.1 Å². The maximum absolute atomic E-state index is 12.4. The highest BCUT2D eigenvalue weighted by molar-refractivity contribution is 6.34. The molecule has 32 heavy (non-hydrogen) atoms. The van der Waals surface area contributed by atoms with Crippen LogP contribution in [0.25, 0.3) is 0 Å². The average molecular weight is 448 g/mol. The highest BCUT2D eigenvalue weighted by Gasteiger charge is 2.34. The van der Waals surface area contributed by atoms with E-state index in [4.69, 9.17) is 11.6 Å². The Morgan fingerprint density at radius 3 is 2.06 bits per heavy atom. The standard InChI is InChI=1S/C24H18ClN3O4/c25-19-14-16(10-11-20(19)27-22(30)15-6-2-1-3-7-15)26-21(29)12-13-28-23(31)17-8-4-5-9-18(17)24(28)32/h1-11,14H,12-13H2,(H,26,29)(H,27,30). The molecule has 0 saturated heterocycles. The molecule has 0 aromatic heterocycles. The second-order valence-corrected chi connectivity index (χ2v) is 7.53. The van der Waals surface area contributed by atoms with Gasteiger partial charge in [0.25, 0.3) is 17.7 Å². The van der Waals surface area contributed by atoms with Crippen molar-refractivity contribution in [2.75, 3.05) is 17.2 Å². The highest BCUT2D eigenvalue weighted by Crippen LogP contribution is 2.26. The molecule has 2 N–H and O–H groups in total. The molecule has 0 radical (unpaired) electrons. The van der Waals surface area contributed by atoms with Gasteiger partial charge in [0.1, 0.15) is 0 Å². The second kappa shape index (κ2) is 9.03. The Labute approximate surface area is 189 Å². The number of rotatable bonds is 6. The zero-order valence-electron chi connectivity index (χ0n) is 16.8. The molecule has 0 spiro atoms. The average Bonchev–Trinajstić information content (AvgIpc) is 3.04. The van der Waals surface area contributed by atoms with Crippen molar-refractivity contribution in [3.05, 3.63) is 94.5 Å². The fourth-order valence-corrected chi connectivity index (χ4v) is 3.59. The maximum atomic E-state index is 12.4. The lowest BCUT2D eigenvalue weighted by Crippen LogP contribution is -2.32. The minimum atomic E-state index is -0.403. The third-order valence-corrected chi connectivity index (χ3v) is 5.29. The summed E-state index contributed by atoms with van der Waals surface area (Å²) in [5.41, 5.74) is 2.02. The van der Waals surface area contributed by atoms with E-state index < -0.39 is 11.8 Å². The molecule has 0 atom stereocenters. The predicted octanol–water partition coefficient (Wildman–Crippen LogP) is 4.22. The van der Waals surface area contributed by atoms with Gasteiger partial charge in [0.2, 0.25) is 5.91 Å². The minimum Gasteiger partial charge on any atom is -0.326 e. The monoisotopic (exact) mass is 447 g/mol. The molecule has 160 valence electrons. The van der Waals surface area contributed by atoms with Crippen LogP contribution in [0.2, 0.25) is 5.02 Å². The van der Waals surface area contributed by atoms with Gasteiger partial charge < -0.3 is 10.6 Å². The third-order valence-electron chi connectivity index (χ3n) is 4.98. The van der Waals surface area contributed by atoms with Gasteiger partial charge in [0.15, 0.2) is 0 Å². The van der Waals surface area contributed by atoms with E-state index in [1.54, 1.807) is 60.7 Å². The van der Waals surface area contributed by atoms with Gasteiger partial charge in [0.05, 0.1) is 21.8 Å². The van der Waals surface area contributed by atoms with E-state index in [9.17, 15) is 19.2 Å². The van der Waals surface area contributed by atoms with Gasteiger partial charge in [-0.25, -0.2) is 0 Å². The fourth-order valence-electron chi connectivity index (χ4n) is 3.36. The van der Waals surface area contributed by atoms with E-state index in [0.717, 1.165) is 4.90 Å². The van der Waals surface area contributed by atoms with Crippen LogP contribution in [-0.2, 0) is 4.79 Å². The number of nitrogens with zero attached hydrogens (tertiary/aromatic N) is 1. The summed E-state index contributed by atoms with van der Waals surface area (Å²) < 4.78 is 0. The molecule has 1 aliphatic heterocycles. The van der Waals surface area contributed by atoms with Crippen molar-refractivity contribution in [1.82, 2.24) is 4.90 Å². The van der Waals surface area contributed by atoms with Crippen LogP contribution in [0, 0.1) is 0 Å². The van der Waals surface area contributed by atoms with Crippen molar-refractivity contribution >= 4 is 46.6 Å². The molecule has 0 bridgehead atoms. The topological polar surface area (TPSA) is 95.6 Å². The van der Waals surface area contributed by atoms with Gasteiger partial charge in [-0.05, 0) is 42.5 Å². The van der Waals surface area contributed by atoms with Gasteiger partial charge in [-0.3, -0.25) is 24.1 Å². The summed E-state index contributed by atoms with van der Waals surface area (Å²) in [7, 11) is 0. The van der Waals surface area contributed by atoms with E-state index >= 15 is 0 Å². The Hall–Kier alpha value is -3.97. The van der Waals surface area contributed by atoms with Gasteiger partial charge in [-0.1, -0.05) is 41.9 Å². The predicted molar refractivity (Wildman–Crippen MR) is 121 cm³/mol. The van der Waals surface area contributed by atoms with Gasteiger partial charge in [0, 0.05) is 24.2 Å². The summed E-state index contributed by atoms with van der Waals surface area (Å²) in [6.45, 7) is -0.0306. The first-order valence-corrected chi connectivity index (χ1v) is 10.2. The molecule has 1 aliphatic rings. The first-order chi connectivity index (χ1) is 15.4. The summed E-state index contributed by atoms with van der Waals surface area (Å²) in [6.07, 6.45) is -0.0599. The smallest absolute Gasteiger partial charge is 0.261 e. The van der Waals surface area contributed by atoms with E-state index in [2.05, 4.69) is 10.6 Å². The molecule has 4 amide bonds. The second-order valence-electron chi connectivity index (χ2n) is 7.12. The highest BCUT2D eigenvalue weighted by atomic mass is 35.5. The summed E-state index contributed by atoms with van der Waals surface area (Å²) in [4.78, 5) is 50.4. The number of amides is 4. The number of imide groups is 1. The van der Waals surface area contributed by atoms with Crippen LogP contribution in [0.5, 0.6) is 0 Å². The molecule has 1 heterocycles. The third kappa shape index (κ3) is 4.38. The molecule has 0 aliphatic carbocycles. The summed E-state index contributed by atoms with van der Waals surface area (Å²) in [5.74, 6) is -1.48. The summed E-state index contributed by atoms with van der Waals surface area (Å²) in [6, 6.07) is 20.0. The van der Waals surface area contributed by atoms with E-state index in [1.165, 1.54) is 6.07 Å². The number of hydrogen-bond donors (Lipinski definition) is 2. The molecule has 0 unspecified atom stereocenters. The summed E-state index contributed by atoms with van der Waals surface area (Å²) in [5, 5.41) is 5.66. The fraction of sp³-hybridized carbons (Fsp3) is 0.0833. The number of carbonyl (C=O) groups is 4. The lowest BCUT2D eigenvalue weighted by atomic mass is 10.1. The number of benzene rings is 3. The SMILES string of the molecule is O=C(CCN1C(=O)c2ccccc2C1=O)Nc1ccc(NC(=O)c2ccccc2)c(Cl)c1. The van der Waals surface area contributed by atoms with Gasteiger partial charge >= 0.3 is 0 Å². The Morgan fingerprint density at radius 1 is 0.812 bits per heavy atom. The van der Waals surface area contributed by atoms with Crippen LogP contribution in [0.3, 0.4) is 0 Å². The molecule has 4 rings (SSSR count). The van der Waals surface area contributed by atoms with E-state index in [1.807, 2.05) is 6.07 Å². The number of hydrogen-bond acceptors (Lipinski definition) is 4. The maximum Gasteiger partial charge on any atom is 0.261 e. The van der Waals surface area contributed by atoms with Gasteiger partial charge in [-0.2, -0.15) is 0 Å². The van der Waals surface area contributed by atoms with Crippen LogP contribution >= 0.6 is 11.6 Å². The van der Waals surface area contributed by atoms with Crippen LogP contribution in [0.1, 0.15) is 37.5 Å². The van der Waals surface area contributed by atoms with Crippen LogP contribution < -0.4 is 10.6 Å². The van der Waals surface area contributed by atoms with Crippen molar-refractivity contribution in [3.63, 3.8) is 0 Å². The van der Waals surface area contributed by atoms with Crippen molar-refractivity contribution in [3.8, 4) is 0 Å². The largest absolute Gasteiger partial charge is 0.326 e. The van der Waals surface area contributed by atoms with Crippen LogP contribution in [0.15, 0.2) is 72.8 Å². The molecule has 7 nitrogen and oxygen atoms in total. The van der Waals surface area contributed by atoms with Crippen LogP contribution in [0.4, 0.5) is 11.4 Å². The molecule has 0 saturated carbocycles. The quantitative estimate of drug-likeness (QED) is 0.553. The lowest BCUT2D eigenvalue weighted by molar-refractivity contribution is -0.116. The normalized spacial score (nSPS) is 12.5. The Morgan fingerprint density at radius 2 is 1.44 bits per heavy atom. The van der Waals surface area contributed by atoms with E-state index in [-0.39, 0.29) is 29.8 Å². The lowest BCUT2D eigenvalue weighted by Gasteiger charge is -2.14. The Kier molecular flexibility index (Phi) is 6.00. The number of fused-ring (bicyclic) bond motifs is 1. The molecular weight excluding hydrogens is 430 g/mol. The Balaban J connectivity index is 1.34. The van der Waals surface area contributed by atoms with Crippen molar-refractivity contribution < 1.29 is 19.2 Å². The minimum absolute atomic E-state index is 0.0306. The van der Waals surface area contributed by atoms with Gasteiger partial charge in [-0.15, -0.1) is 0 Å². The number of carbonyl (C=O) groups excluding carboxylic acids is 4. The number of nitrogens with one attached hydrogen (secondary N) is 2. The summed E-state index contributed by atoms with van der Waals surface area (Å²) >= 11 is 6.25. The van der Waals surface area contributed by atoms with Crippen molar-refractivity contribution in [1.29, 1.82) is 0 Å². The van der Waals surface area contributed by atoms with Crippen molar-refractivity contribution in [2.45, 2.75) is 6.42 Å².